The van der Waals surface area contributed by atoms with Crippen LogP contribution in [0.2, 0.25) is 0 Å². The fourth-order valence-corrected chi connectivity index (χ4v) is 4.73. The van der Waals surface area contributed by atoms with Gasteiger partial charge in [-0.25, -0.2) is 19.9 Å². The molecule has 0 saturated heterocycles. The topological polar surface area (TPSA) is 72.8 Å². The Balaban J connectivity index is 1.51. The number of hydrogen-bond donors (Lipinski definition) is 1. The maximum absolute atomic E-state index is 5.47. The second-order valence-corrected chi connectivity index (χ2v) is 8.22. The first-order valence-corrected chi connectivity index (χ1v) is 10.5. The van der Waals surface area contributed by atoms with Gasteiger partial charge in [0.25, 0.3) is 0 Å². The van der Waals surface area contributed by atoms with E-state index in [1.54, 1.807) is 31.4 Å². The molecule has 0 aliphatic rings. The maximum Gasteiger partial charge on any atom is 0.190 e. The minimum atomic E-state index is 0.719. The zero-order chi connectivity index (χ0) is 19.6. The summed E-state index contributed by atoms with van der Waals surface area (Å²) in [6.07, 6.45) is 3.33. The van der Waals surface area contributed by atoms with E-state index in [1.807, 2.05) is 42.5 Å². The molecule has 6 nitrogen and oxygen atoms in total. The van der Waals surface area contributed by atoms with Crippen molar-refractivity contribution < 1.29 is 4.74 Å². The van der Waals surface area contributed by atoms with Gasteiger partial charge in [0.15, 0.2) is 5.13 Å². The highest BCUT2D eigenvalue weighted by molar-refractivity contribution is 7.99. The van der Waals surface area contributed by atoms with Crippen LogP contribution < -0.4 is 10.1 Å². The van der Waals surface area contributed by atoms with Gasteiger partial charge in [-0.05, 0) is 42.5 Å². The van der Waals surface area contributed by atoms with Crippen molar-refractivity contribution in [1.29, 1.82) is 0 Å². The summed E-state index contributed by atoms with van der Waals surface area (Å²) in [6.45, 7) is 0. The number of benzene rings is 2. The summed E-state index contributed by atoms with van der Waals surface area (Å²) in [4.78, 5) is 20.8. The van der Waals surface area contributed by atoms with E-state index in [0.29, 0.717) is 0 Å². The highest BCUT2D eigenvalue weighted by atomic mass is 32.2. The van der Waals surface area contributed by atoms with Crippen LogP contribution in [0.5, 0.6) is 5.75 Å². The summed E-state index contributed by atoms with van der Waals surface area (Å²) in [7, 11) is 1.68. The lowest BCUT2D eigenvalue weighted by atomic mass is 10.2. The minimum Gasteiger partial charge on any atom is -0.496 e. The Hall–Kier alpha value is -3.23. The molecular formula is C21H15N5OS2. The second kappa shape index (κ2) is 7.65. The number of ether oxygens (including phenoxy) is 1. The summed E-state index contributed by atoms with van der Waals surface area (Å²) < 4.78 is 5.47. The lowest BCUT2D eigenvalue weighted by molar-refractivity contribution is 0.405. The predicted octanol–water partition coefficient (Wildman–Crippen LogP) is 5.54. The van der Waals surface area contributed by atoms with Crippen LogP contribution in [-0.2, 0) is 0 Å². The van der Waals surface area contributed by atoms with Crippen LogP contribution in [0.1, 0.15) is 0 Å². The fraction of sp³-hybridized carbons (Fsp3) is 0.0476. The number of nitrogens with one attached hydrogen (secondary N) is 1. The SMILES string of the molecule is COc1ccccc1Sc1ccc2ncnc(Nc3nc4cccnc4s3)c2c1. The Kier molecular flexibility index (Phi) is 4.71. The van der Waals surface area contributed by atoms with Gasteiger partial charge in [-0.2, -0.15) is 0 Å². The molecule has 5 aromatic rings. The van der Waals surface area contributed by atoms with Crippen LogP contribution in [0.25, 0.3) is 21.3 Å². The van der Waals surface area contributed by atoms with Crippen molar-refractivity contribution in [2.75, 3.05) is 12.4 Å². The van der Waals surface area contributed by atoms with E-state index in [4.69, 9.17) is 4.74 Å². The summed E-state index contributed by atoms with van der Waals surface area (Å²) in [6, 6.07) is 17.9. The zero-order valence-corrected chi connectivity index (χ0v) is 17.0. The van der Waals surface area contributed by atoms with Crippen LogP contribution >= 0.6 is 23.1 Å². The summed E-state index contributed by atoms with van der Waals surface area (Å²) in [5, 5.41) is 5.01. The molecule has 0 radical (unpaired) electrons. The van der Waals surface area contributed by atoms with Crippen molar-refractivity contribution >= 4 is 55.3 Å². The van der Waals surface area contributed by atoms with Crippen LogP contribution in [0.4, 0.5) is 10.9 Å². The molecule has 1 N–H and O–H groups in total. The number of fused-ring (bicyclic) bond motifs is 2. The quantitative estimate of drug-likeness (QED) is 0.402. The van der Waals surface area contributed by atoms with Gasteiger partial charge in [0.2, 0.25) is 0 Å². The molecule has 0 aliphatic carbocycles. The molecule has 0 atom stereocenters. The molecule has 0 bridgehead atoms. The number of aromatic nitrogens is 4. The molecule has 0 unspecified atom stereocenters. The summed E-state index contributed by atoms with van der Waals surface area (Å²) in [5.41, 5.74) is 1.73. The van der Waals surface area contributed by atoms with Gasteiger partial charge in [0.05, 0.1) is 17.5 Å². The van der Waals surface area contributed by atoms with Gasteiger partial charge in [0, 0.05) is 16.5 Å². The highest BCUT2D eigenvalue weighted by Gasteiger charge is 2.11. The van der Waals surface area contributed by atoms with E-state index < -0.39 is 0 Å². The van der Waals surface area contributed by atoms with Gasteiger partial charge >= 0.3 is 0 Å². The number of thiazole rings is 1. The Morgan fingerprint density at radius 1 is 0.966 bits per heavy atom. The monoisotopic (exact) mass is 417 g/mol. The molecule has 0 amide bonds. The largest absolute Gasteiger partial charge is 0.496 e. The van der Waals surface area contributed by atoms with Gasteiger partial charge < -0.3 is 10.1 Å². The molecule has 142 valence electrons. The molecule has 2 aromatic carbocycles. The lowest BCUT2D eigenvalue weighted by Crippen LogP contribution is -1.95. The zero-order valence-electron chi connectivity index (χ0n) is 15.4. The average molecular weight is 418 g/mol. The third-order valence-electron chi connectivity index (χ3n) is 4.30. The third-order valence-corrected chi connectivity index (χ3v) is 6.24. The highest BCUT2D eigenvalue weighted by Crippen LogP contribution is 2.37. The van der Waals surface area contributed by atoms with Crippen molar-refractivity contribution in [3.05, 3.63) is 67.1 Å². The molecule has 3 heterocycles. The first-order chi connectivity index (χ1) is 14.3. The molecule has 8 heteroatoms. The van der Waals surface area contributed by atoms with Crippen molar-refractivity contribution in [2.45, 2.75) is 9.79 Å². The molecule has 0 aliphatic heterocycles. The van der Waals surface area contributed by atoms with Crippen molar-refractivity contribution in [1.82, 2.24) is 19.9 Å². The van der Waals surface area contributed by atoms with Gasteiger partial charge in [-0.15, -0.1) is 0 Å². The molecule has 3 aromatic heterocycles. The first kappa shape index (κ1) is 17.8. The number of hydrogen-bond acceptors (Lipinski definition) is 8. The van der Waals surface area contributed by atoms with Crippen LogP contribution in [0, 0.1) is 0 Å². The summed E-state index contributed by atoms with van der Waals surface area (Å²) >= 11 is 3.14. The maximum atomic E-state index is 5.47. The van der Waals surface area contributed by atoms with E-state index in [-0.39, 0.29) is 0 Å². The van der Waals surface area contributed by atoms with E-state index >= 15 is 0 Å². The Morgan fingerprint density at radius 3 is 2.79 bits per heavy atom. The number of pyridine rings is 1. The summed E-state index contributed by atoms with van der Waals surface area (Å²) in [5.74, 6) is 1.57. The number of nitrogens with zero attached hydrogens (tertiary/aromatic N) is 4. The first-order valence-electron chi connectivity index (χ1n) is 8.84. The minimum absolute atomic E-state index is 0.719. The Morgan fingerprint density at radius 2 is 1.90 bits per heavy atom. The molecule has 0 spiro atoms. The van der Waals surface area contributed by atoms with E-state index in [0.717, 1.165) is 47.7 Å². The second-order valence-electron chi connectivity index (χ2n) is 6.13. The Labute approximate surface area is 175 Å². The van der Waals surface area contributed by atoms with Gasteiger partial charge in [0.1, 0.15) is 28.2 Å². The average Bonchev–Trinajstić information content (AvgIpc) is 3.17. The standard InChI is InChI=1S/C21H15N5OS2/c1-27-17-6-2-3-7-18(17)28-13-8-9-15-14(11-13)19(24-12-23-15)26-21-25-16-5-4-10-22-20(16)29-21/h2-12H,1H3,(H,23,24,25,26). The van der Waals surface area contributed by atoms with Crippen molar-refractivity contribution in [3.8, 4) is 5.75 Å². The van der Waals surface area contributed by atoms with Crippen LogP contribution in [0.15, 0.2) is 76.9 Å². The lowest BCUT2D eigenvalue weighted by Gasteiger charge is -2.10. The number of methoxy groups -OCH3 is 1. The Bertz CT molecular complexity index is 1290. The third kappa shape index (κ3) is 3.59. The van der Waals surface area contributed by atoms with E-state index in [9.17, 15) is 0 Å². The molecule has 0 saturated carbocycles. The van der Waals surface area contributed by atoms with Gasteiger partial charge in [-0.1, -0.05) is 35.2 Å². The predicted molar refractivity (Wildman–Crippen MR) is 117 cm³/mol. The van der Waals surface area contributed by atoms with Crippen molar-refractivity contribution in [3.63, 3.8) is 0 Å². The van der Waals surface area contributed by atoms with E-state index in [1.165, 1.54) is 11.3 Å². The molecular weight excluding hydrogens is 402 g/mol. The number of anilines is 2. The van der Waals surface area contributed by atoms with E-state index in [2.05, 4.69) is 37.4 Å². The number of para-hydroxylation sites is 1. The van der Waals surface area contributed by atoms with Crippen LogP contribution in [0.3, 0.4) is 0 Å². The molecule has 29 heavy (non-hydrogen) atoms. The smallest absolute Gasteiger partial charge is 0.190 e. The van der Waals surface area contributed by atoms with Crippen molar-refractivity contribution in [2.24, 2.45) is 0 Å². The van der Waals surface area contributed by atoms with Crippen LogP contribution in [-0.4, -0.2) is 27.0 Å². The van der Waals surface area contributed by atoms with Gasteiger partial charge in [-0.3, -0.25) is 0 Å². The molecule has 0 fully saturated rings. The molecule has 5 rings (SSSR count). The number of rotatable bonds is 5. The normalized spacial score (nSPS) is 11.1. The fourth-order valence-electron chi connectivity index (χ4n) is 2.95.